The van der Waals surface area contributed by atoms with Crippen molar-refractivity contribution >= 4 is 34.5 Å². The van der Waals surface area contributed by atoms with E-state index in [1.165, 1.54) is 5.56 Å². The molecule has 0 saturated heterocycles. The van der Waals surface area contributed by atoms with Crippen LogP contribution in [0.1, 0.15) is 37.3 Å². The smallest absolute Gasteiger partial charge is 0.128 e. The zero-order valence-electron chi connectivity index (χ0n) is 11.7. The molecule has 1 N–H and O–H groups in total. The molecule has 0 saturated carbocycles. The molecule has 0 aliphatic rings. The van der Waals surface area contributed by atoms with Crippen molar-refractivity contribution in [1.29, 1.82) is 0 Å². The van der Waals surface area contributed by atoms with Gasteiger partial charge in [-0.15, -0.1) is 0 Å². The van der Waals surface area contributed by atoms with Crippen molar-refractivity contribution in [1.82, 2.24) is 0 Å². The second-order valence-corrected chi connectivity index (χ2v) is 6.03. The highest BCUT2D eigenvalue weighted by Crippen LogP contribution is 2.22. The van der Waals surface area contributed by atoms with Crippen LogP contribution in [0.4, 0.5) is 5.69 Å². The highest BCUT2D eigenvalue weighted by atomic mass is 127. The van der Waals surface area contributed by atoms with E-state index in [2.05, 4.69) is 53.6 Å². The van der Waals surface area contributed by atoms with Crippen molar-refractivity contribution in [3.63, 3.8) is 0 Å². The van der Waals surface area contributed by atoms with E-state index in [0.29, 0.717) is 11.7 Å². The number of phenols is 1. The molecule has 0 unspecified atom stereocenters. The number of rotatable bonds is 4. The van der Waals surface area contributed by atoms with Gasteiger partial charge in [0.25, 0.3) is 0 Å². The van der Waals surface area contributed by atoms with Crippen LogP contribution in [-0.2, 0) is 0 Å². The highest BCUT2D eigenvalue weighted by Gasteiger charge is 2.02. The van der Waals surface area contributed by atoms with Crippen LogP contribution in [-0.4, -0.2) is 11.3 Å². The Bertz CT molecular complexity index is 605. The number of aliphatic imine (C=N–C) groups is 1. The van der Waals surface area contributed by atoms with Crippen LogP contribution in [0.5, 0.6) is 5.75 Å². The molecule has 0 heterocycles. The van der Waals surface area contributed by atoms with Crippen LogP contribution in [0, 0.1) is 3.57 Å². The minimum atomic E-state index is 0.306. The van der Waals surface area contributed by atoms with Gasteiger partial charge in [0, 0.05) is 6.21 Å². The van der Waals surface area contributed by atoms with Crippen molar-refractivity contribution < 1.29 is 5.11 Å². The predicted molar refractivity (Wildman–Crippen MR) is 93.2 cm³/mol. The van der Waals surface area contributed by atoms with Gasteiger partial charge in [-0.25, -0.2) is 0 Å². The molecular weight excluding hydrogens is 361 g/mol. The Labute approximate surface area is 133 Å². The van der Waals surface area contributed by atoms with E-state index in [4.69, 9.17) is 0 Å². The molecule has 2 rings (SSSR count). The Kier molecular flexibility index (Phi) is 5.17. The summed E-state index contributed by atoms with van der Waals surface area (Å²) in [6.45, 7) is 4.43. The van der Waals surface area contributed by atoms with Crippen LogP contribution >= 0.6 is 22.6 Å². The normalized spacial score (nSPS) is 12.8. The molecule has 0 spiro atoms. The van der Waals surface area contributed by atoms with Gasteiger partial charge in [0.1, 0.15) is 5.75 Å². The number of phenolic OH excluding ortho intramolecular Hbond substituents is 1. The Morgan fingerprint density at radius 1 is 1.20 bits per heavy atom. The lowest BCUT2D eigenvalue weighted by molar-refractivity contribution is 0.471. The molecule has 2 aromatic carbocycles. The van der Waals surface area contributed by atoms with Crippen LogP contribution in [0.2, 0.25) is 0 Å². The molecule has 0 aliphatic heterocycles. The minimum Gasteiger partial charge on any atom is -0.507 e. The third-order valence-corrected chi connectivity index (χ3v) is 4.27. The molecule has 0 bridgehead atoms. The number of hydrogen-bond donors (Lipinski definition) is 1. The quantitative estimate of drug-likeness (QED) is 0.570. The molecule has 3 heteroatoms. The van der Waals surface area contributed by atoms with E-state index in [1.54, 1.807) is 6.07 Å². The molecule has 0 amide bonds. The summed E-state index contributed by atoms with van der Waals surface area (Å²) in [5.74, 6) is 0.896. The van der Waals surface area contributed by atoms with Crippen molar-refractivity contribution in [3.05, 3.63) is 57.2 Å². The summed E-state index contributed by atoms with van der Waals surface area (Å²) < 4.78 is 0.832. The molecule has 2 aromatic rings. The van der Waals surface area contributed by atoms with Crippen LogP contribution < -0.4 is 0 Å². The fourth-order valence-electron chi connectivity index (χ4n) is 1.88. The van der Waals surface area contributed by atoms with Crippen molar-refractivity contribution in [2.24, 2.45) is 4.99 Å². The maximum absolute atomic E-state index is 9.48. The zero-order chi connectivity index (χ0) is 14.5. The monoisotopic (exact) mass is 379 g/mol. The third kappa shape index (κ3) is 3.82. The Balaban J connectivity index is 2.13. The van der Waals surface area contributed by atoms with E-state index >= 15 is 0 Å². The summed E-state index contributed by atoms with van der Waals surface area (Å²) in [6, 6.07) is 13.8. The highest BCUT2D eigenvalue weighted by molar-refractivity contribution is 14.1. The molecule has 1 atom stereocenters. The average molecular weight is 379 g/mol. The fourth-order valence-corrected chi connectivity index (χ4v) is 2.42. The molecule has 0 radical (unpaired) electrons. The lowest BCUT2D eigenvalue weighted by Crippen LogP contribution is -1.89. The first-order chi connectivity index (χ1) is 9.60. The molecule has 2 nitrogen and oxygen atoms in total. The van der Waals surface area contributed by atoms with E-state index in [-0.39, 0.29) is 0 Å². The fraction of sp³-hybridized carbons (Fsp3) is 0.235. The minimum absolute atomic E-state index is 0.306. The summed E-state index contributed by atoms with van der Waals surface area (Å²) in [4.78, 5) is 4.46. The van der Waals surface area contributed by atoms with Gasteiger partial charge in [-0.2, -0.15) is 0 Å². The number of aromatic hydroxyl groups is 1. The van der Waals surface area contributed by atoms with Crippen LogP contribution in [0.25, 0.3) is 0 Å². The van der Waals surface area contributed by atoms with Gasteiger partial charge in [0.05, 0.1) is 9.26 Å². The predicted octanol–water partition coefficient (Wildman–Crippen LogP) is 5.26. The van der Waals surface area contributed by atoms with Gasteiger partial charge in [0.2, 0.25) is 0 Å². The van der Waals surface area contributed by atoms with Crippen molar-refractivity contribution in [2.45, 2.75) is 26.2 Å². The van der Waals surface area contributed by atoms with Crippen LogP contribution in [0.15, 0.2) is 47.5 Å². The number of hydrogen-bond acceptors (Lipinski definition) is 2. The van der Waals surface area contributed by atoms with E-state index in [0.717, 1.165) is 21.2 Å². The summed E-state index contributed by atoms with van der Waals surface area (Å²) in [5, 5.41) is 9.48. The molecular formula is C17H18INO. The summed E-state index contributed by atoms with van der Waals surface area (Å²) in [5.41, 5.74) is 3.28. The van der Waals surface area contributed by atoms with Crippen molar-refractivity contribution in [2.75, 3.05) is 0 Å². The Morgan fingerprint density at radius 2 is 1.90 bits per heavy atom. The van der Waals surface area contributed by atoms with Gasteiger partial charge in [-0.3, -0.25) is 4.99 Å². The van der Waals surface area contributed by atoms with Gasteiger partial charge in [-0.1, -0.05) is 26.0 Å². The average Bonchev–Trinajstić information content (AvgIpc) is 2.48. The zero-order valence-corrected chi connectivity index (χ0v) is 13.8. The first-order valence-corrected chi connectivity index (χ1v) is 7.80. The lowest BCUT2D eigenvalue weighted by atomic mass is 9.99. The summed E-state index contributed by atoms with van der Waals surface area (Å²) in [6.07, 6.45) is 2.97. The van der Waals surface area contributed by atoms with Gasteiger partial charge < -0.3 is 5.11 Å². The molecule has 104 valence electrons. The Hall–Kier alpha value is -1.36. The largest absolute Gasteiger partial charge is 0.507 e. The third-order valence-electron chi connectivity index (χ3n) is 3.41. The van der Waals surface area contributed by atoms with Crippen molar-refractivity contribution in [3.8, 4) is 5.75 Å². The van der Waals surface area contributed by atoms with Crippen LogP contribution in [0.3, 0.4) is 0 Å². The van der Waals surface area contributed by atoms with E-state index in [9.17, 15) is 5.11 Å². The molecule has 0 aliphatic carbocycles. The maximum Gasteiger partial charge on any atom is 0.128 e. The second kappa shape index (κ2) is 6.88. The maximum atomic E-state index is 9.48. The molecule has 0 aromatic heterocycles. The van der Waals surface area contributed by atoms with Gasteiger partial charge >= 0.3 is 0 Å². The Morgan fingerprint density at radius 3 is 2.50 bits per heavy atom. The van der Waals surface area contributed by atoms with Gasteiger partial charge in [-0.05, 0) is 76.4 Å². The lowest BCUT2D eigenvalue weighted by Gasteiger charge is -2.08. The molecule has 20 heavy (non-hydrogen) atoms. The number of nitrogens with zero attached hydrogens (tertiary/aromatic N) is 1. The van der Waals surface area contributed by atoms with E-state index in [1.807, 2.05) is 30.5 Å². The van der Waals surface area contributed by atoms with E-state index < -0.39 is 0 Å². The summed E-state index contributed by atoms with van der Waals surface area (Å²) >= 11 is 2.11. The molecule has 0 fully saturated rings. The number of halogens is 1. The first kappa shape index (κ1) is 15.0. The van der Waals surface area contributed by atoms with Gasteiger partial charge in [0.15, 0.2) is 0 Å². The summed E-state index contributed by atoms with van der Waals surface area (Å²) in [7, 11) is 0. The SMILES string of the molecule is CC[C@H](C)c1ccc(N=Cc2ccc(O)c(I)c2)cc1. The standard InChI is InChI=1S/C17H18INO/c1-3-12(2)14-5-7-15(8-6-14)19-11-13-4-9-17(20)16(18)10-13/h4-12,20H,3H2,1-2H3/t12-/m0/s1. The number of benzene rings is 2. The first-order valence-electron chi connectivity index (χ1n) is 6.72. The topological polar surface area (TPSA) is 32.6 Å². The second-order valence-electron chi connectivity index (χ2n) is 4.87.